The molecule has 5 heteroatoms. The Kier molecular flexibility index (Phi) is 3.23. The lowest BCUT2D eigenvalue weighted by atomic mass is 9.98. The molecule has 15 heavy (non-hydrogen) atoms. The van der Waals surface area contributed by atoms with Crippen molar-refractivity contribution in [3.05, 3.63) is 39.9 Å². The van der Waals surface area contributed by atoms with Crippen LogP contribution in [0.25, 0.3) is 0 Å². The van der Waals surface area contributed by atoms with Crippen LogP contribution in [0.4, 0.5) is 0 Å². The Balaban J connectivity index is 1.93. The van der Waals surface area contributed by atoms with Crippen molar-refractivity contribution in [2.45, 2.75) is 11.3 Å². The highest BCUT2D eigenvalue weighted by molar-refractivity contribution is 7.93. The Labute approximate surface area is 91.9 Å². The lowest BCUT2D eigenvalue weighted by molar-refractivity contribution is -0.284. The van der Waals surface area contributed by atoms with Gasteiger partial charge in [0.25, 0.3) is 11.9 Å². The van der Waals surface area contributed by atoms with E-state index in [0.717, 1.165) is 19.6 Å². The summed E-state index contributed by atoms with van der Waals surface area (Å²) in [7, 11) is 0. The molecule has 0 unspecified atom stereocenters. The number of hydrogen-bond donors (Lipinski definition) is 0. The SMILES string of the molecule is O=[N+]([O-])Sc1ccc(CC2COC2)cc1. The van der Waals surface area contributed by atoms with Gasteiger partial charge in [-0.1, -0.05) is 12.1 Å². The fraction of sp³-hybridized carbons (Fsp3) is 0.400. The van der Waals surface area contributed by atoms with Crippen LogP contribution in [-0.2, 0) is 11.2 Å². The fourth-order valence-corrected chi connectivity index (χ4v) is 1.94. The quantitative estimate of drug-likeness (QED) is 0.447. The largest absolute Gasteiger partial charge is 0.381 e. The summed E-state index contributed by atoms with van der Waals surface area (Å²) in [6.07, 6.45) is 1.00. The summed E-state index contributed by atoms with van der Waals surface area (Å²) < 4.78 is 4.70. The molecule has 1 aromatic carbocycles. The average molecular weight is 225 g/mol. The van der Waals surface area contributed by atoms with Gasteiger partial charge in [-0.05, 0) is 24.1 Å². The monoisotopic (exact) mass is 225 g/mol. The zero-order valence-electron chi connectivity index (χ0n) is 8.09. The normalized spacial score (nSPS) is 16.0. The predicted octanol–water partition coefficient (Wildman–Crippen LogP) is 2.16. The standard InChI is InChI=1S/C10H11NO3S/c12-11(13)15-10-3-1-8(2-4-10)5-9-6-14-7-9/h1-4,9H,5-7H2. The Morgan fingerprint density at radius 1 is 1.40 bits per heavy atom. The van der Waals surface area contributed by atoms with Gasteiger partial charge in [0.1, 0.15) is 4.33 Å². The minimum absolute atomic E-state index is 0.394. The second-order valence-electron chi connectivity index (χ2n) is 3.57. The van der Waals surface area contributed by atoms with E-state index in [1.807, 2.05) is 12.1 Å². The maximum atomic E-state index is 10.2. The first-order valence-electron chi connectivity index (χ1n) is 4.73. The highest BCUT2D eigenvalue weighted by atomic mass is 32.2. The van der Waals surface area contributed by atoms with Crippen LogP contribution in [0.2, 0.25) is 0 Å². The number of rotatable bonds is 4. The molecule has 1 aliphatic rings. The van der Waals surface area contributed by atoms with Crippen LogP contribution < -0.4 is 0 Å². The summed E-state index contributed by atoms with van der Waals surface area (Å²) in [5, 5.41) is 10.2. The molecule has 0 amide bonds. The van der Waals surface area contributed by atoms with E-state index in [1.54, 1.807) is 12.1 Å². The van der Waals surface area contributed by atoms with Gasteiger partial charge >= 0.3 is 0 Å². The van der Waals surface area contributed by atoms with Gasteiger partial charge in [-0.25, -0.2) is 0 Å². The van der Waals surface area contributed by atoms with E-state index in [0.29, 0.717) is 22.8 Å². The van der Waals surface area contributed by atoms with Crippen molar-refractivity contribution in [3.8, 4) is 0 Å². The molecule has 0 radical (unpaired) electrons. The minimum atomic E-state index is -0.394. The molecule has 1 fully saturated rings. The van der Waals surface area contributed by atoms with E-state index >= 15 is 0 Å². The summed E-state index contributed by atoms with van der Waals surface area (Å²) in [4.78, 5) is 10.9. The van der Waals surface area contributed by atoms with E-state index in [-0.39, 0.29) is 0 Å². The number of ether oxygens (including phenoxy) is 1. The van der Waals surface area contributed by atoms with Crippen LogP contribution in [0.3, 0.4) is 0 Å². The van der Waals surface area contributed by atoms with Crippen molar-refractivity contribution in [2.24, 2.45) is 5.92 Å². The third-order valence-electron chi connectivity index (χ3n) is 2.33. The van der Waals surface area contributed by atoms with Crippen LogP contribution in [-0.4, -0.2) is 17.5 Å². The van der Waals surface area contributed by atoms with E-state index in [1.165, 1.54) is 5.56 Å². The summed E-state index contributed by atoms with van der Waals surface area (Å²) in [6, 6.07) is 7.49. The average Bonchev–Trinajstić information content (AvgIpc) is 2.13. The Morgan fingerprint density at radius 2 is 2.07 bits per heavy atom. The Hall–Kier alpha value is -1.07. The zero-order valence-corrected chi connectivity index (χ0v) is 8.90. The molecule has 0 atom stereocenters. The first kappa shape index (κ1) is 10.4. The van der Waals surface area contributed by atoms with Crippen molar-refractivity contribution < 1.29 is 9.07 Å². The van der Waals surface area contributed by atoms with Crippen LogP contribution in [0.15, 0.2) is 29.2 Å². The smallest absolute Gasteiger partial charge is 0.265 e. The molecule has 2 rings (SSSR count). The van der Waals surface area contributed by atoms with Gasteiger partial charge in [-0.3, -0.25) is 10.1 Å². The second-order valence-corrected chi connectivity index (χ2v) is 4.52. The minimum Gasteiger partial charge on any atom is -0.381 e. The van der Waals surface area contributed by atoms with Crippen LogP contribution in [0.1, 0.15) is 5.56 Å². The number of nitrogens with zero attached hydrogens (tertiary/aromatic N) is 1. The Bertz CT molecular complexity index is 348. The third-order valence-corrected chi connectivity index (χ3v) is 2.97. The summed E-state index contributed by atoms with van der Waals surface area (Å²) in [6.45, 7) is 1.68. The first-order valence-corrected chi connectivity index (χ1v) is 5.50. The molecule has 1 saturated heterocycles. The van der Waals surface area contributed by atoms with Gasteiger partial charge in [0.15, 0.2) is 0 Å². The number of nitro groups is 1. The van der Waals surface area contributed by atoms with E-state index < -0.39 is 4.33 Å². The molecule has 0 spiro atoms. The molecule has 1 aromatic rings. The molecule has 0 bridgehead atoms. The summed E-state index contributed by atoms with van der Waals surface area (Å²) >= 11 is 0.643. The highest BCUT2D eigenvalue weighted by Crippen LogP contribution is 2.21. The lowest BCUT2D eigenvalue weighted by Gasteiger charge is -2.25. The zero-order chi connectivity index (χ0) is 10.7. The summed E-state index contributed by atoms with van der Waals surface area (Å²) in [5.41, 5.74) is 1.22. The van der Waals surface area contributed by atoms with Gasteiger partial charge in [0.2, 0.25) is 0 Å². The maximum Gasteiger partial charge on any atom is 0.265 e. The maximum absolute atomic E-state index is 10.2. The molecule has 4 nitrogen and oxygen atoms in total. The van der Waals surface area contributed by atoms with Gasteiger partial charge in [0, 0.05) is 5.92 Å². The second kappa shape index (κ2) is 4.63. The molecule has 0 aromatic heterocycles. The van der Waals surface area contributed by atoms with Gasteiger partial charge < -0.3 is 4.74 Å². The fourth-order valence-electron chi connectivity index (χ4n) is 1.51. The van der Waals surface area contributed by atoms with Crippen LogP contribution in [0, 0.1) is 16.0 Å². The molecule has 80 valence electrons. The Morgan fingerprint density at radius 3 is 2.53 bits per heavy atom. The third kappa shape index (κ3) is 2.94. The molecule has 1 aliphatic heterocycles. The topological polar surface area (TPSA) is 52.4 Å². The van der Waals surface area contributed by atoms with Gasteiger partial charge in [0.05, 0.1) is 18.1 Å². The molecule has 0 saturated carbocycles. The van der Waals surface area contributed by atoms with Gasteiger partial charge in [-0.15, -0.1) is 0 Å². The molecule has 0 aliphatic carbocycles. The number of hydrogen-bond acceptors (Lipinski definition) is 4. The van der Waals surface area contributed by atoms with E-state index in [4.69, 9.17) is 4.74 Å². The molecular formula is C10H11NO3S. The van der Waals surface area contributed by atoms with Crippen LogP contribution >= 0.6 is 11.9 Å². The lowest BCUT2D eigenvalue weighted by Crippen LogP contribution is -2.29. The van der Waals surface area contributed by atoms with E-state index in [9.17, 15) is 10.1 Å². The van der Waals surface area contributed by atoms with E-state index in [2.05, 4.69) is 0 Å². The molecular weight excluding hydrogens is 214 g/mol. The van der Waals surface area contributed by atoms with Crippen molar-refractivity contribution in [3.63, 3.8) is 0 Å². The van der Waals surface area contributed by atoms with Crippen molar-refractivity contribution in [1.82, 2.24) is 0 Å². The highest BCUT2D eigenvalue weighted by Gasteiger charge is 2.18. The van der Waals surface area contributed by atoms with Crippen molar-refractivity contribution in [1.29, 1.82) is 0 Å². The molecule has 1 heterocycles. The molecule has 0 N–H and O–H groups in total. The van der Waals surface area contributed by atoms with Crippen LogP contribution in [0.5, 0.6) is 0 Å². The summed E-state index contributed by atoms with van der Waals surface area (Å²) in [5.74, 6) is 0.624. The first-order chi connectivity index (χ1) is 7.24. The van der Waals surface area contributed by atoms with Gasteiger partial charge in [-0.2, -0.15) is 0 Å². The van der Waals surface area contributed by atoms with Crippen molar-refractivity contribution >= 4 is 11.9 Å². The van der Waals surface area contributed by atoms with Crippen molar-refractivity contribution in [2.75, 3.05) is 13.2 Å². The predicted molar refractivity (Wildman–Crippen MR) is 57.3 cm³/mol. The number of benzene rings is 1.